The highest BCUT2D eigenvalue weighted by Crippen LogP contribution is 2.60. The lowest BCUT2D eigenvalue weighted by molar-refractivity contribution is -0.164. The molecule has 2 aliphatic carbocycles. The normalized spacial score (nSPS) is 37.2. The van der Waals surface area contributed by atoms with Crippen molar-refractivity contribution in [1.29, 1.82) is 0 Å². The molecule has 0 aliphatic heterocycles. The number of rotatable bonds is 3. The van der Waals surface area contributed by atoms with Crippen LogP contribution in [0.25, 0.3) is 0 Å². The summed E-state index contributed by atoms with van der Waals surface area (Å²) in [5.41, 5.74) is -0.00975. The third-order valence-corrected chi connectivity index (χ3v) is 5.31. The van der Waals surface area contributed by atoms with E-state index in [1.165, 1.54) is 7.11 Å². The van der Waals surface area contributed by atoms with Crippen LogP contribution in [0.5, 0.6) is 0 Å². The maximum Gasteiger partial charge on any atom is 0.311 e. The van der Waals surface area contributed by atoms with Gasteiger partial charge in [0.05, 0.1) is 29.2 Å². The van der Waals surface area contributed by atoms with Crippen LogP contribution in [0.2, 0.25) is 0 Å². The lowest BCUT2D eigenvalue weighted by atomic mass is 9.58. The number of hydrogen-bond donors (Lipinski definition) is 1. The van der Waals surface area contributed by atoms with E-state index in [0.717, 1.165) is 32.1 Å². The molecule has 2 bridgehead atoms. The Morgan fingerprint density at radius 1 is 1.45 bits per heavy atom. The third-order valence-electron chi connectivity index (χ3n) is 5.31. The monoisotopic (exact) mass is 335 g/mol. The molecule has 2 unspecified atom stereocenters. The molecule has 0 radical (unpaired) electrons. The molecule has 2 fully saturated rings. The van der Waals surface area contributed by atoms with Crippen molar-refractivity contribution in [3.05, 3.63) is 0 Å². The van der Waals surface area contributed by atoms with Crippen molar-refractivity contribution >= 4 is 16.1 Å². The number of carbonyl (C=O) groups is 1. The van der Waals surface area contributed by atoms with Gasteiger partial charge in [-0.15, -0.1) is 0 Å². The second-order valence-corrected chi connectivity index (χ2v) is 7.99. The topological polar surface area (TPSA) is 104 Å². The SMILES string of the molecule is CCCC12CC[C@H](C[C@H](O)C1C(=O)OC)[C@@H]2C.CS(=O)(=O)[O-]. The lowest BCUT2D eigenvalue weighted by Gasteiger charge is -2.47. The highest BCUT2D eigenvalue weighted by Gasteiger charge is 2.59. The molecular weight excluding hydrogens is 308 g/mol. The van der Waals surface area contributed by atoms with Gasteiger partial charge in [0.15, 0.2) is 0 Å². The third kappa shape index (κ3) is 4.20. The first-order valence-electron chi connectivity index (χ1n) is 7.73. The molecule has 2 saturated carbocycles. The molecule has 6 nitrogen and oxygen atoms in total. The maximum atomic E-state index is 12.0. The van der Waals surface area contributed by atoms with Crippen LogP contribution in [-0.2, 0) is 19.6 Å². The highest BCUT2D eigenvalue weighted by atomic mass is 32.2. The van der Waals surface area contributed by atoms with Crippen LogP contribution in [0.4, 0.5) is 0 Å². The Kier molecular flexibility index (Phi) is 6.41. The summed E-state index contributed by atoms with van der Waals surface area (Å²) in [6.45, 7) is 4.42. The number of esters is 1. The zero-order valence-electron chi connectivity index (χ0n) is 13.7. The van der Waals surface area contributed by atoms with Crippen molar-refractivity contribution in [3.63, 3.8) is 0 Å². The van der Waals surface area contributed by atoms with Crippen molar-refractivity contribution in [2.75, 3.05) is 13.4 Å². The largest absolute Gasteiger partial charge is 0.748 e. The number of fused-ring (bicyclic) bond motifs is 2. The van der Waals surface area contributed by atoms with Crippen molar-refractivity contribution < 1.29 is 27.6 Å². The minimum absolute atomic E-state index is 0.00975. The van der Waals surface area contributed by atoms with Crippen molar-refractivity contribution in [1.82, 2.24) is 0 Å². The number of aliphatic hydroxyl groups excluding tert-OH is 1. The quantitative estimate of drug-likeness (QED) is 0.619. The van der Waals surface area contributed by atoms with Crippen LogP contribution in [0.1, 0.15) is 46.0 Å². The van der Waals surface area contributed by atoms with E-state index >= 15 is 0 Å². The van der Waals surface area contributed by atoms with Crippen LogP contribution >= 0.6 is 0 Å². The molecule has 7 heteroatoms. The number of methoxy groups -OCH3 is 1. The summed E-state index contributed by atoms with van der Waals surface area (Å²) < 4.78 is 32.2. The zero-order chi connectivity index (χ0) is 17.1. The standard InChI is InChI=1S/C14H24O3.CH4O3S/c1-4-6-14-7-5-10(9(14)2)8-11(15)12(14)13(16)17-3;1-5(2,3)4/h9-12,15H,4-8H2,1-3H3;1H3,(H,2,3,4)/p-1/t9-,10+,11-,12?,14?;/m0./s1. The van der Waals surface area contributed by atoms with Gasteiger partial charge in [-0.3, -0.25) is 4.79 Å². The summed E-state index contributed by atoms with van der Waals surface area (Å²) in [7, 11) is -2.49. The van der Waals surface area contributed by atoms with Crippen molar-refractivity contribution in [3.8, 4) is 0 Å². The molecule has 0 aromatic rings. The maximum absolute atomic E-state index is 12.0. The number of carbonyl (C=O) groups excluding carboxylic acids is 1. The van der Waals surface area contributed by atoms with Crippen molar-refractivity contribution in [2.45, 2.75) is 52.1 Å². The van der Waals surface area contributed by atoms with Crippen LogP contribution < -0.4 is 0 Å². The van der Waals surface area contributed by atoms with Gasteiger partial charge < -0.3 is 14.4 Å². The van der Waals surface area contributed by atoms with Crippen LogP contribution in [-0.4, -0.2) is 43.5 Å². The number of ether oxygens (including phenoxy) is 1. The van der Waals surface area contributed by atoms with Gasteiger partial charge >= 0.3 is 5.97 Å². The Labute approximate surface area is 133 Å². The fraction of sp³-hybridized carbons (Fsp3) is 0.933. The summed E-state index contributed by atoms with van der Waals surface area (Å²) in [6.07, 6.45) is 5.20. The summed E-state index contributed by atoms with van der Waals surface area (Å²) >= 11 is 0. The first-order valence-corrected chi connectivity index (χ1v) is 9.55. The van der Waals surface area contributed by atoms with Crippen molar-refractivity contribution in [2.24, 2.45) is 23.2 Å². The summed E-state index contributed by atoms with van der Waals surface area (Å²) in [4.78, 5) is 12.0. The second-order valence-electron chi connectivity index (χ2n) is 6.58. The van der Waals surface area contributed by atoms with Gasteiger partial charge in [-0.05, 0) is 42.9 Å². The van der Waals surface area contributed by atoms with E-state index in [2.05, 4.69) is 13.8 Å². The molecule has 22 heavy (non-hydrogen) atoms. The molecule has 0 amide bonds. The van der Waals surface area contributed by atoms with Gasteiger partial charge in [0, 0.05) is 6.26 Å². The summed E-state index contributed by atoms with van der Waals surface area (Å²) in [6, 6.07) is 0. The Morgan fingerprint density at radius 2 is 2.00 bits per heavy atom. The summed E-state index contributed by atoms with van der Waals surface area (Å²) in [5.74, 6) is 0.617. The van der Waals surface area contributed by atoms with Gasteiger partial charge in [0.1, 0.15) is 0 Å². The molecule has 130 valence electrons. The second kappa shape index (κ2) is 7.27. The fourth-order valence-electron chi connectivity index (χ4n) is 4.48. The van der Waals surface area contributed by atoms with E-state index in [4.69, 9.17) is 17.7 Å². The average Bonchev–Trinajstić information content (AvgIpc) is 2.58. The molecule has 2 rings (SSSR count). The molecular formula is C15H27O6S-. The van der Waals surface area contributed by atoms with Crippen LogP contribution in [0, 0.1) is 23.2 Å². The predicted octanol–water partition coefficient (Wildman–Crippen LogP) is 1.53. The van der Waals surface area contributed by atoms with E-state index in [-0.39, 0.29) is 17.3 Å². The molecule has 1 N–H and O–H groups in total. The first kappa shape index (κ1) is 19.4. The Hall–Kier alpha value is -0.660. The molecule has 0 saturated heterocycles. The van der Waals surface area contributed by atoms with Gasteiger partial charge in [0.25, 0.3) is 0 Å². The van der Waals surface area contributed by atoms with Gasteiger partial charge in [-0.25, -0.2) is 8.42 Å². The fourth-order valence-corrected chi connectivity index (χ4v) is 4.48. The van der Waals surface area contributed by atoms with E-state index in [1.807, 2.05) is 0 Å². The van der Waals surface area contributed by atoms with E-state index in [1.54, 1.807) is 0 Å². The number of aliphatic hydroxyl groups is 1. The van der Waals surface area contributed by atoms with Crippen LogP contribution in [0.3, 0.4) is 0 Å². The Bertz CT molecular complexity index is 476. The smallest absolute Gasteiger partial charge is 0.311 e. The minimum Gasteiger partial charge on any atom is -0.748 e. The van der Waals surface area contributed by atoms with E-state index < -0.39 is 16.2 Å². The average molecular weight is 335 g/mol. The Morgan fingerprint density at radius 3 is 2.45 bits per heavy atom. The zero-order valence-corrected chi connectivity index (χ0v) is 14.6. The summed E-state index contributed by atoms with van der Waals surface area (Å²) in [5, 5.41) is 10.3. The van der Waals surface area contributed by atoms with Crippen LogP contribution in [0.15, 0.2) is 0 Å². The predicted molar refractivity (Wildman–Crippen MR) is 81.0 cm³/mol. The number of hydrogen-bond acceptors (Lipinski definition) is 6. The molecule has 0 heterocycles. The van der Waals surface area contributed by atoms with E-state index in [0.29, 0.717) is 18.1 Å². The van der Waals surface area contributed by atoms with E-state index in [9.17, 15) is 9.90 Å². The van der Waals surface area contributed by atoms with Gasteiger partial charge in [-0.2, -0.15) is 0 Å². The van der Waals surface area contributed by atoms with Gasteiger partial charge in [-0.1, -0.05) is 20.3 Å². The molecule has 0 aromatic carbocycles. The highest BCUT2D eigenvalue weighted by molar-refractivity contribution is 7.84. The van der Waals surface area contributed by atoms with Gasteiger partial charge in [0.2, 0.25) is 0 Å². The molecule has 0 aromatic heterocycles. The Balaban J connectivity index is 0.000000422. The lowest BCUT2D eigenvalue weighted by Crippen LogP contribution is -2.50. The minimum atomic E-state index is -3.92. The first-order chi connectivity index (χ1) is 10.1. The molecule has 5 atom stereocenters. The molecule has 2 aliphatic rings. The molecule has 0 spiro atoms.